The second-order valence-electron chi connectivity index (χ2n) is 6.08. The van der Waals surface area contributed by atoms with Crippen LogP contribution in [0.3, 0.4) is 0 Å². The summed E-state index contributed by atoms with van der Waals surface area (Å²) in [5, 5.41) is 14.3. The van der Waals surface area contributed by atoms with Crippen LogP contribution >= 0.6 is 0 Å². The Bertz CT molecular complexity index is 858. The number of carboxylic acid groups (broad SMARTS) is 1. The van der Waals surface area contributed by atoms with Crippen LogP contribution < -0.4 is 5.32 Å². The van der Waals surface area contributed by atoms with E-state index in [9.17, 15) is 26.7 Å². The summed E-state index contributed by atoms with van der Waals surface area (Å²) in [6, 6.07) is 5.16. The molecule has 1 aromatic carbocycles. The molecule has 1 saturated heterocycles. The minimum atomic E-state index is -5.08. The van der Waals surface area contributed by atoms with Crippen molar-refractivity contribution in [1.82, 2.24) is 20.0 Å². The smallest absolute Gasteiger partial charge is 0.475 e. The van der Waals surface area contributed by atoms with Gasteiger partial charge in [-0.2, -0.15) is 18.3 Å². The Hall–Kier alpha value is -3.02. The zero-order valence-electron chi connectivity index (χ0n) is 15.1. The number of halogens is 5. The molecule has 2 aromatic rings. The Morgan fingerprint density at radius 2 is 1.83 bits per heavy atom. The minimum Gasteiger partial charge on any atom is -0.475 e. The molecule has 0 aliphatic carbocycles. The Balaban J connectivity index is 0.000000370. The van der Waals surface area contributed by atoms with Gasteiger partial charge in [0.25, 0.3) is 5.91 Å². The maximum absolute atomic E-state index is 13.7. The summed E-state index contributed by atoms with van der Waals surface area (Å²) in [5.41, 5.74) is -0.121. The van der Waals surface area contributed by atoms with Crippen molar-refractivity contribution in [3.05, 3.63) is 47.8 Å². The number of hydrogen-bond acceptors (Lipinski definition) is 4. The number of nitrogens with one attached hydrogen (secondary N) is 1. The normalized spacial score (nSPS) is 16.1. The van der Waals surface area contributed by atoms with E-state index < -0.39 is 23.8 Å². The molecule has 1 amide bonds. The quantitative estimate of drug-likeness (QED) is 0.744. The molecule has 0 saturated carbocycles. The molecule has 2 N–H and O–H groups in total. The third kappa shape index (κ3) is 5.50. The second-order valence-corrected chi connectivity index (χ2v) is 6.08. The van der Waals surface area contributed by atoms with Gasteiger partial charge in [-0.15, -0.1) is 0 Å². The van der Waals surface area contributed by atoms with Gasteiger partial charge in [-0.25, -0.2) is 18.3 Å². The third-order valence-corrected chi connectivity index (χ3v) is 4.12. The second kappa shape index (κ2) is 8.99. The molecule has 1 aliphatic rings. The Kier molecular flexibility index (Phi) is 6.90. The molecule has 0 spiro atoms. The average molecular weight is 420 g/mol. The molecule has 3 rings (SSSR count). The van der Waals surface area contributed by atoms with Crippen molar-refractivity contribution in [2.75, 3.05) is 20.1 Å². The van der Waals surface area contributed by atoms with Gasteiger partial charge in [0.1, 0.15) is 5.69 Å². The van der Waals surface area contributed by atoms with E-state index in [1.807, 2.05) is 0 Å². The van der Waals surface area contributed by atoms with Crippen LogP contribution in [-0.4, -0.2) is 64.0 Å². The summed E-state index contributed by atoms with van der Waals surface area (Å²) < 4.78 is 60.3. The van der Waals surface area contributed by atoms with E-state index in [0.29, 0.717) is 0 Å². The van der Waals surface area contributed by atoms with Gasteiger partial charge in [-0.1, -0.05) is 6.07 Å². The van der Waals surface area contributed by atoms with Gasteiger partial charge in [-0.3, -0.25) is 4.79 Å². The number of aromatic nitrogens is 2. The number of rotatable bonds is 3. The molecule has 1 unspecified atom stereocenters. The number of carboxylic acids is 1. The SMILES string of the molecule is CN(C(=O)c1ccn(-c2c(F)cccc2F)n1)C1CCNC1.O=C(O)C(F)(F)F. The first-order valence-corrected chi connectivity index (χ1v) is 8.30. The fourth-order valence-electron chi connectivity index (χ4n) is 2.59. The molecule has 12 heteroatoms. The highest BCUT2D eigenvalue weighted by molar-refractivity contribution is 5.92. The molecular weight excluding hydrogens is 403 g/mol. The van der Waals surface area contributed by atoms with Gasteiger partial charge >= 0.3 is 12.1 Å². The first kappa shape index (κ1) is 22.3. The standard InChI is InChI=1S/C15H16F2N4O.C2HF3O2/c1-20(10-5-7-18-9-10)15(22)13-6-8-21(19-13)14-11(16)3-2-4-12(14)17;3-2(4,5)1(6)7/h2-4,6,8,10,18H,5,7,9H2,1H3;(H,6,7). The molecule has 0 radical (unpaired) electrons. The lowest BCUT2D eigenvalue weighted by Gasteiger charge is -2.22. The van der Waals surface area contributed by atoms with Crippen LogP contribution in [0.1, 0.15) is 16.9 Å². The van der Waals surface area contributed by atoms with E-state index >= 15 is 0 Å². The van der Waals surface area contributed by atoms with Gasteiger partial charge in [0.15, 0.2) is 17.3 Å². The van der Waals surface area contributed by atoms with Crippen LogP contribution in [-0.2, 0) is 4.79 Å². The Labute approximate surface area is 161 Å². The largest absolute Gasteiger partial charge is 0.490 e. The number of nitrogens with zero attached hydrogens (tertiary/aromatic N) is 3. The van der Waals surface area contributed by atoms with Crippen LogP contribution in [0.15, 0.2) is 30.5 Å². The van der Waals surface area contributed by atoms with E-state index in [4.69, 9.17) is 9.90 Å². The number of aliphatic carboxylic acids is 1. The highest BCUT2D eigenvalue weighted by atomic mass is 19.4. The van der Waals surface area contributed by atoms with Crippen molar-refractivity contribution in [3.8, 4) is 5.69 Å². The Morgan fingerprint density at radius 3 is 2.31 bits per heavy atom. The third-order valence-electron chi connectivity index (χ3n) is 4.12. The van der Waals surface area contributed by atoms with Crippen LogP contribution in [0.5, 0.6) is 0 Å². The molecule has 2 heterocycles. The van der Waals surface area contributed by atoms with Crippen molar-refractivity contribution in [2.24, 2.45) is 0 Å². The molecule has 0 bridgehead atoms. The molecule has 1 fully saturated rings. The molecule has 1 aromatic heterocycles. The molecule has 158 valence electrons. The molecule has 1 aliphatic heterocycles. The van der Waals surface area contributed by atoms with E-state index in [0.717, 1.165) is 36.3 Å². The van der Waals surface area contributed by atoms with Crippen LogP contribution in [0.4, 0.5) is 22.0 Å². The predicted octanol–water partition coefficient (Wildman–Crippen LogP) is 2.22. The highest BCUT2D eigenvalue weighted by Gasteiger charge is 2.38. The van der Waals surface area contributed by atoms with Gasteiger partial charge in [0.2, 0.25) is 0 Å². The summed E-state index contributed by atoms with van der Waals surface area (Å²) >= 11 is 0. The maximum atomic E-state index is 13.7. The van der Waals surface area contributed by atoms with Crippen molar-refractivity contribution in [3.63, 3.8) is 0 Å². The molecule has 7 nitrogen and oxygen atoms in total. The lowest BCUT2D eigenvalue weighted by Crippen LogP contribution is -2.38. The van der Waals surface area contributed by atoms with E-state index in [2.05, 4.69) is 10.4 Å². The first-order valence-electron chi connectivity index (χ1n) is 8.30. The van der Waals surface area contributed by atoms with Crippen molar-refractivity contribution in [1.29, 1.82) is 0 Å². The summed E-state index contributed by atoms with van der Waals surface area (Å²) in [5.74, 6) is -4.47. The number of likely N-dealkylation sites (N-methyl/N-ethyl adjacent to an activating group) is 1. The van der Waals surface area contributed by atoms with Crippen molar-refractivity contribution >= 4 is 11.9 Å². The zero-order valence-corrected chi connectivity index (χ0v) is 15.1. The topological polar surface area (TPSA) is 87.5 Å². The maximum Gasteiger partial charge on any atom is 0.490 e. The lowest BCUT2D eigenvalue weighted by molar-refractivity contribution is -0.192. The monoisotopic (exact) mass is 420 g/mol. The number of carbonyl (C=O) groups is 2. The number of carbonyl (C=O) groups excluding carboxylic acids is 1. The predicted molar refractivity (Wildman–Crippen MR) is 90.5 cm³/mol. The number of hydrogen-bond donors (Lipinski definition) is 2. The molecular formula is C17H17F5N4O3. The first-order chi connectivity index (χ1) is 13.5. The van der Waals surface area contributed by atoms with Crippen LogP contribution in [0.2, 0.25) is 0 Å². The average Bonchev–Trinajstić information content (AvgIpc) is 3.32. The van der Waals surface area contributed by atoms with Gasteiger partial charge < -0.3 is 15.3 Å². The van der Waals surface area contributed by atoms with E-state index in [1.165, 1.54) is 18.3 Å². The summed E-state index contributed by atoms with van der Waals surface area (Å²) in [7, 11) is 1.71. The molecule has 29 heavy (non-hydrogen) atoms. The van der Waals surface area contributed by atoms with E-state index in [-0.39, 0.29) is 23.3 Å². The van der Waals surface area contributed by atoms with Gasteiger partial charge in [-0.05, 0) is 31.2 Å². The summed E-state index contributed by atoms with van der Waals surface area (Å²) in [6.45, 7) is 1.61. The zero-order chi connectivity index (χ0) is 21.8. The van der Waals surface area contributed by atoms with Crippen LogP contribution in [0.25, 0.3) is 5.69 Å². The number of benzene rings is 1. The summed E-state index contributed by atoms with van der Waals surface area (Å²) in [6.07, 6.45) is -2.82. The van der Waals surface area contributed by atoms with Gasteiger partial charge in [0, 0.05) is 25.8 Å². The van der Waals surface area contributed by atoms with Gasteiger partial charge in [0.05, 0.1) is 0 Å². The highest BCUT2D eigenvalue weighted by Crippen LogP contribution is 2.18. The lowest BCUT2D eigenvalue weighted by atomic mass is 10.2. The number of amides is 1. The fraction of sp³-hybridized carbons (Fsp3) is 0.353. The minimum absolute atomic E-state index is 0.114. The van der Waals surface area contributed by atoms with E-state index in [1.54, 1.807) is 11.9 Å². The molecule has 1 atom stereocenters. The van der Waals surface area contributed by atoms with Crippen molar-refractivity contribution < 1.29 is 36.6 Å². The van der Waals surface area contributed by atoms with Crippen molar-refractivity contribution in [2.45, 2.75) is 18.6 Å². The number of para-hydroxylation sites is 1. The summed E-state index contributed by atoms with van der Waals surface area (Å²) in [4.78, 5) is 22.9. The van der Waals surface area contributed by atoms with Crippen LogP contribution in [0, 0.1) is 11.6 Å². The fourth-order valence-corrected chi connectivity index (χ4v) is 2.59. The Morgan fingerprint density at radius 1 is 1.24 bits per heavy atom. The number of alkyl halides is 3.